The molecule has 0 aliphatic carbocycles. The molecule has 0 spiro atoms. The van der Waals surface area contributed by atoms with E-state index < -0.39 is 0 Å². The molecular weight excluding hydrogens is 259 g/mol. The molecule has 98 valence electrons. The zero-order valence-electron chi connectivity index (χ0n) is 10.9. The molecule has 0 bridgehead atoms. The molecule has 1 atom stereocenters. The Balaban J connectivity index is 2.32. The van der Waals surface area contributed by atoms with Gasteiger partial charge in [-0.1, -0.05) is 13.0 Å². The third kappa shape index (κ3) is 2.94. The number of benzene rings is 1. The van der Waals surface area contributed by atoms with E-state index in [0.717, 1.165) is 6.42 Å². The maximum absolute atomic E-state index is 13.7. The van der Waals surface area contributed by atoms with Gasteiger partial charge in [0.05, 0.1) is 17.7 Å². The van der Waals surface area contributed by atoms with Crippen molar-refractivity contribution in [2.45, 2.75) is 26.3 Å². The van der Waals surface area contributed by atoms with Crippen molar-refractivity contribution in [3.05, 3.63) is 51.5 Å². The first-order valence-corrected chi connectivity index (χ1v) is 7.03. The van der Waals surface area contributed by atoms with Gasteiger partial charge in [-0.3, -0.25) is 0 Å². The molecule has 19 heavy (non-hydrogen) atoms. The molecule has 0 aliphatic rings. The van der Waals surface area contributed by atoms with Gasteiger partial charge in [-0.25, -0.2) is 4.39 Å². The predicted octanol–water partition coefficient (Wildman–Crippen LogP) is 4.63. The van der Waals surface area contributed by atoms with Gasteiger partial charge < -0.3 is 5.32 Å². The number of rotatable bonds is 4. The standard InChI is InChI=1S/C15H15FN2S/c1-3-13(15-5-4-6-19-15)18-14-8-11(9-17)7-12(16)10(14)2/h4-8,13,18H,3H2,1-2H3. The largest absolute Gasteiger partial charge is 0.377 e. The molecule has 2 rings (SSSR count). The summed E-state index contributed by atoms with van der Waals surface area (Å²) in [5.41, 5.74) is 1.58. The van der Waals surface area contributed by atoms with E-state index in [1.54, 1.807) is 24.3 Å². The second-order valence-electron chi connectivity index (χ2n) is 4.36. The Morgan fingerprint density at radius 2 is 2.26 bits per heavy atom. The molecule has 1 heterocycles. The summed E-state index contributed by atoms with van der Waals surface area (Å²) < 4.78 is 13.7. The number of nitrogens with one attached hydrogen (secondary N) is 1. The molecule has 0 amide bonds. The van der Waals surface area contributed by atoms with Crippen LogP contribution in [0.3, 0.4) is 0 Å². The van der Waals surface area contributed by atoms with Gasteiger partial charge in [0.15, 0.2) is 0 Å². The van der Waals surface area contributed by atoms with Crippen LogP contribution in [-0.2, 0) is 0 Å². The number of halogens is 1. The lowest BCUT2D eigenvalue weighted by molar-refractivity contribution is 0.617. The van der Waals surface area contributed by atoms with Crippen LogP contribution in [0.1, 0.15) is 35.4 Å². The third-order valence-electron chi connectivity index (χ3n) is 3.10. The summed E-state index contributed by atoms with van der Waals surface area (Å²) in [5.74, 6) is -0.345. The number of hydrogen-bond donors (Lipinski definition) is 1. The number of hydrogen-bond acceptors (Lipinski definition) is 3. The third-order valence-corrected chi connectivity index (χ3v) is 4.08. The normalized spacial score (nSPS) is 11.9. The van der Waals surface area contributed by atoms with Gasteiger partial charge in [-0.05, 0) is 36.9 Å². The molecule has 2 aromatic rings. The van der Waals surface area contributed by atoms with Gasteiger partial charge in [0.2, 0.25) is 0 Å². The molecule has 0 radical (unpaired) electrons. The lowest BCUT2D eigenvalue weighted by Gasteiger charge is -2.19. The molecule has 1 N–H and O–H groups in total. The summed E-state index contributed by atoms with van der Waals surface area (Å²) in [6.07, 6.45) is 0.901. The van der Waals surface area contributed by atoms with E-state index in [9.17, 15) is 4.39 Å². The van der Waals surface area contributed by atoms with E-state index in [1.165, 1.54) is 10.9 Å². The van der Waals surface area contributed by atoms with Crippen LogP contribution in [0.2, 0.25) is 0 Å². The van der Waals surface area contributed by atoms with Crippen molar-refractivity contribution in [1.82, 2.24) is 0 Å². The Bertz CT molecular complexity index is 599. The highest BCUT2D eigenvalue weighted by Gasteiger charge is 2.13. The van der Waals surface area contributed by atoms with Crippen molar-refractivity contribution in [2.75, 3.05) is 5.32 Å². The number of thiophene rings is 1. The Morgan fingerprint density at radius 3 is 2.84 bits per heavy atom. The summed E-state index contributed by atoms with van der Waals surface area (Å²) in [6, 6.07) is 9.17. The van der Waals surface area contributed by atoms with Crippen LogP contribution in [0.4, 0.5) is 10.1 Å². The maximum atomic E-state index is 13.7. The van der Waals surface area contributed by atoms with E-state index >= 15 is 0 Å². The molecule has 0 saturated carbocycles. The van der Waals surface area contributed by atoms with Crippen molar-refractivity contribution in [3.8, 4) is 6.07 Å². The topological polar surface area (TPSA) is 35.8 Å². The second kappa shape index (κ2) is 5.85. The molecule has 0 fully saturated rings. The highest BCUT2D eigenvalue weighted by Crippen LogP contribution is 2.29. The van der Waals surface area contributed by atoms with E-state index in [2.05, 4.69) is 18.3 Å². The van der Waals surface area contributed by atoms with Crippen molar-refractivity contribution in [3.63, 3.8) is 0 Å². The predicted molar refractivity (Wildman–Crippen MR) is 76.8 cm³/mol. The fraction of sp³-hybridized carbons (Fsp3) is 0.267. The van der Waals surface area contributed by atoms with Crippen molar-refractivity contribution in [1.29, 1.82) is 5.26 Å². The van der Waals surface area contributed by atoms with Crippen LogP contribution in [0.5, 0.6) is 0 Å². The first-order chi connectivity index (χ1) is 9.15. The zero-order valence-corrected chi connectivity index (χ0v) is 11.7. The zero-order chi connectivity index (χ0) is 13.8. The Hall–Kier alpha value is -1.86. The summed E-state index contributed by atoms with van der Waals surface area (Å²) >= 11 is 1.67. The van der Waals surface area contributed by atoms with E-state index in [0.29, 0.717) is 16.8 Å². The van der Waals surface area contributed by atoms with Crippen LogP contribution >= 0.6 is 11.3 Å². The van der Waals surface area contributed by atoms with E-state index in [1.807, 2.05) is 17.5 Å². The summed E-state index contributed by atoms with van der Waals surface area (Å²) in [4.78, 5) is 1.21. The van der Waals surface area contributed by atoms with Gasteiger partial charge in [-0.15, -0.1) is 11.3 Å². The highest BCUT2D eigenvalue weighted by atomic mass is 32.1. The lowest BCUT2D eigenvalue weighted by Crippen LogP contribution is -2.10. The smallest absolute Gasteiger partial charge is 0.129 e. The van der Waals surface area contributed by atoms with E-state index in [4.69, 9.17) is 5.26 Å². The molecule has 1 aromatic carbocycles. The minimum absolute atomic E-state index is 0.145. The first-order valence-electron chi connectivity index (χ1n) is 6.16. The number of anilines is 1. The molecule has 4 heteroatoms. The van der Waals surface area contributed by atoms with Crippen molar-refractivity contribution in [2.24, 2.45) is 0 Å². The van der Waals surface area contributed by atoms with Crippen molar-refractivity contribution >= 4 is 17.0 Å². The van der Waals surface area contributed by atoms with Gasteiger partial charge in [0.1, 0.15) is 5.82 Å². The molecule has 1 aromatic heterocycles. The SMILES string of the molecule is CCC(Nc1cc(C#N)cc(F)c1C)c1cccs1. The van der Waals surface area contributed by atoms with Crippen LogP contribution in [0.25, 0.3) is 0 Å². The molecule has 0 saturated heterocycles. The lowest BCUT2D eigenvalue weighted by atomic mass is 10.1. The van der Waals surface area contributed by atoms with Crippen LogP contribution in [0.15, 0.2) is 29.6 Å². The number of nitrogens with zero attached hydrogens (tertiary/aromatic N) is 1. The van der Waals surface area contributed by atoms with Gasteiger partial charge >= 0.3 is 0 Å². The molecule has 2 nitrogen and oxygen atoms in total. The Labute approximate surface area is 116 Å². The average Bonchev–Trinajstić information content (AvgIpc) is 2.94. The Morgan fingerprint density at radius 1 is 1.47 bits per heavy atom. The average molecular weight is 274 g/mol. The summed E-state index contributed by atoms with van der Waals surface area (Å²) in [5, 5.41) is 14.3. The highest BCUT2D eigenvalue weighted by molar-refractivity contribution is 7.10. The van der Waals surface area contributed by atoms with Gasteiger partial charge in [0, 0.05) is 16.1 Å². The maximum Gasteiger partial charge on any atom is 0.129 e. The molecule has 0 aliphatic heterocycles. The first kappa shape index (κ1) is 13.6. The summed E-state index contributed by atoms with van der Waals surface area (Å²) in [7, 11) is 0. The van der Waals surface area contributed by atoms with E-state index in [-0.39, 0.29) is 11.9 Å². The molecular formula is C15H15FN2S. The number of nitriles is 1. The Kier molecular flexibility index (Phi) is 4.18. The second-order valence-corrected chi connectivity index (χ2v) is 5.34. The fourth-order valence-electron chi connectivity index (χ4n) is 1.94. The van der Waals surface area contributed by atoms with Crippen LogP contribution in [-0.4, -0.2) is 0 Å². The van der Waals surface area contributed by atoms with Gasteiger partial charge in [0.25, 0.3) is 0 Å². The molecule has 1 unspecified atom stereocenters. The monoisotopic (exact) mass is 274 g/mol. The van der Waals surface area contributed by atoms with Crippen molar-refractivity contribution < 1.29 is 4.39 Å². The van der Waals surface area contributed by atoms with Crippen LogP contribution < -0.4 is 5.32 Å². The minimum atomic E-state index is -0.345. The van der Waals surface area contributed by atoms with Crippen LogP contribution in [0, 0.1) is 24.1 Å². The van der Waals surface area contributed by atoms with Gasteiger partial charge in [-0.2, -0.15) is 5.26 Å². The fourth-order valence-corrected chi connectivity index (χ4v) is 2.81. The summed E-state index contributed by atoms with van der Waals surface area (Å²) in [6.45, 7) is 3.80. The quantitative estimate of drug-likeness (QED) is 0.882. The minimum Gasteiger partial charge on any atom is -0.377 e.